The van der Waals surface area contributed by atoms with Crippen molar-refractivity contribution in [3.63, 3.8) is 0 Å². The highest BCUT2D eigenvalue weighted by atomic mass is 35.5. The average molecular weight is 306 g/mol. The number of imidazole rings is 1. The fourth-order valence-corrected chi connectivity index (χ4v) is 2.95. The van der Waals surface area contributed by atoms with E-state index in [1.165, 1.54) is 0 Å². The highest BCUT2D eigenvalue weighted by Crippen LogP contribution is 2.35. The first-order chi connectivity index (χ1) is 10.8. The van der Waals surface area contributed by atoms with Gasteiger partial charge in [0.15, 0.2) is 0 Å². The molecule has 4 rings (SSSR count). The Kier molecular flexibility index (Phi) is 3.13. The van der Waals surface area contributed by atoms with Crippen LogP contribution in [0.4, 0.5) is 0 Å². The number of pyridine rings is 1. The fraction of sp³-hybridized carbons (Fsp3) is 0. The lowest BCUT2D eigenvalue weighted by Gasteiger charge is -2.12. The first-order valence-corrected chi connectivity index (χ1v) is 7.33. The number of rotatable bonds is 2. The summed E-state index contributed by atoms with van der Waals surface area (Å²) in [6.45, 7) is 0. The summed E-state index contributed by atoms with van der Waals surface area (Å²) in [4.78, 5) is 8.69. The van der Waals surface area contributed by atoms with E-state index < -0.39 is 0 Å². The molecule has 0 saturated heterocycles. The molecule has 0 bridgehead atoms. The lowest BCUT2D eigenvalue weighted by molar-refractivity contribution is 1.06. The highest BCUT2D eigenvalue weighted by molar-refractivity contribution is 6.35. The van der Waals surface area contributed by atoms with Gasteiger partial charge in [0, 0.05) is 29.5 Å². The summed E-state index contributed by atoms with van der Waals surface area (Å²) < 4.78 is 1.98. The van der Waals surface area contributed by atoms with Crippen molar-refractivity contribution in [2.24, 2.45) is 0 Å². The Balaban J connectivity index is 2.06. The summed E-state index contributed by atoms with van der Waals surface area (Å²) in [5.74, 6) is 0. The second kappa shape index (κ2) is 5.28. The van der Waals surface area contributed by atoms with Crippen LogP contribution in [-0.4, -0.2) is 14.5 Å². The zero-order valence-corrected chi connectivity index (χ0v) is 12.4. The highest BCUT2D eigenvalue weighted by Gasteiger charge is 2.12. The van der Waals surface area contributed by atoms with Crippen LogP contribution in [0.2, 0.25) is 5.02 Å². The quantitative estimate of drug-likeness (QED) is 0.535. The Morgan fingerprint density at radius 3 is 2.55 bits per heavy atom. The molecule has 0 aliphatic heterocycles. The molecule has 0 aliphatic carbocycles. The van der Waals surface area contributed by atoms with Crippen LogP contribution in [0.1, 0.15) is 0 Å². The first kappa shape index (κ1) is 13.0. The maximum absolute atomic E-state index is 6.46. The molecule has 106 valence electrons. The van der Waals surface area contributed by atoms with E-state index in [4.69, 9.17) is 11.6 Å². The standard InChI is InChI=1S/C18H12ClN3/c19-15-7-6-14-16(22-11-10-20-12-22)8-9-21-18(14)17(15)13-4-2-1-3-5-13/h1-12H. The zero-order chi connectivity index (χ0) is 14.9. The summed E-state index contributed by atoms with van der Waals surface area (Å²) in [6.07, 6.45) is 7.28. The molecule has 0 aliphatic rings. The van der Waals surface area contributed by atoms with Gasteiger partial charge in [0.05, 0.1) is 22.6 Å². The second-order valence-corrected chi connectivity index (χ2v) is 5.39. The Morgan fingerprint density at radius 1 is 0.909 bits per heavy atom. The van der Waals surface area contributed by atoms with E-state index in [0.29, 0.717) is 5.02 Å². The van der Waals surface area contributed by atoms with E-state index in [9.17, 15) is 0 Å². The summed E-state index contributed by atoms with van der Waals surface area (Å²) in [5.41, 5.74) is 3.95. The minimum Gasteiger partial charge on any atom is -0.306 e. The summed E-state index contributed by atoms with van der Waals surface area (Å²) in [7, 11) is 0. The van der Waals surface area contributed by atoms with Crippen LogP contribution in [0.25, 0.3) is 27.7 Å². The third-order valence-corrected chi connectivity index (χ3v) is 4.00. The van der Waals surface area contributed by atoms with Crippen molar-refractivity contribution in [3.8, 4) is 16.8 Å². The van der Waals surface area contributed by atoms with Crippen molar-refractivity contribution in [2.75, 3.05) is 0 Å². The molecule has 0 atom stereocenters. The molecule has 2 aromatic heterocycles. The van der Waals surface area contributed by atoms with Crippen molar-refractivity contribution in [1.82, 2.24) is 14.5 Å². The van der Waals surface area contributed by atoms with Gasteiger partial charge in [-0.15, -0.1) is 0 Å². The third-order valence-electron chi connectivity index (χ3n) is 3.68. The molecule has 0 amide bonds. The molecule has 0 N–H and O–H groups in total. The van der Waals surface area contributed by atoms with Crippen LogP contribution >= 0.6 is 11.6 Å². The molecule has 2 aromatic carbocycles. The van der Waals surface area contributed by atoms with E-state index in [1.807, 2.05) is 59.3 Å². The monoisotopic (exact) mass is 305 g/mol. The van der Waals surface area contributed by atoms with Gasteiger partial charge in [0.2, 0.25) is 0 Å². The van der Waals surface area contributed by atoms with Gasteiger partial charge in [0.1, 0.15) is 0 Å². The van der Waals surface area contributed by atoms with Gasteiger partial charge >= 0.3 is 0 Å². The maximum atomic E-state index is 6.46. The lowest BCUT2D eigenvalue weighted by Crippen LogP contribution is -1.95. The normalized spacial score (nSPS) is 11.0. The minimum absolute atomic E-state index is 0.703. The zero-order valence-electron chi connectivity index (χ0n) is 11.6. The number of nitrogens with zero attached hydrogens (tertiary/aromatic N) is 3. The average Bonchev–Trinajstić information content (AvgIpc) is 3.09. The summed E-state index contributed by atoms with van der Waals surface area (Å²) in [6, 6.07) is 16.0. The van der Waals surface area contributed by atoms with E-state index in [-0.39, 0.29) is 0 Å². The minimum atomic E-state index is 0.703. The molecule has 0 saturated carbocycles. The van der Waals surface area contributed by atoms with Gasteiger partial charge in [-0.3, -0.25) is 4.98 Å². The van der Waals surface area contributed by atoms with Crippen molar-refractivity contribution in [1.29, 1.82) is 0 Å². The van der Waals surface area contributed by atoms with E-state index in [2.05, 4.69) is 9.97 Å². The topological polar surface area (TPSA) is 30.7 Å². The smallest absolute Gasteiger partial charge is 0.0991 e. The summed E-state index contributed by atoms with van der Waals surface area (Å²) in [5, 5.41) is 1.75. The number of halogens is 1. The van der Waals surface area contributed by atoms with Gasteiger partial charge in [-0.05, 0) is 23.8 Å². The number of benzene rings is 2. The van der Waals surface area contributed by atoms with Crippen LogP contribution in [0.15, 0.2) is 73.4 Å². The molecule has 2 heterocycles. The van der Waals surface area contributed by atoms with Crippen LogP contribution in [0.5, 0.6) is 0 Å². The van der Waals surface area contributed by atoms with E-state index in [1.54, 1.807) is 18.7 Å². The number of hydrogen-bond donors (Lipinski definition) is 0. The predicted molar refractivity (Wildman–Crippen MR) is 89.3 cm³/mol. The lowest BCUT2D eigenvalue weighted by atomic mass is 10.0. The number of aromatic nitrogens is 3. The third kappa shape index (κ3) is 2.07. The van der Waals surface area contributed by atoms with Crippen molar-refractivity contribution in [2.45, 2.75) is 0 Å². The molecule has 3 nitrogen and oxygen atoms in total. The van der Waals surface area contributed by atoms with Crippen LogP contribution in [0.3, 0.4) is 0 Å². The predicted octanol–water partition coefficient (Wildman–Crippen LogP) is 4.74. The first-order valence-electron chi connectivity index (χ1n) is 6.95. The Labute approximate surface area is 132 Å². The van der Waals surface area contributed by atoms with Gasteiger partial charge in [-0.25, -0.2) is 4.98 Å². The molecule has 0 radical (unpaired) electrons. The van der Waals surface area contributed by atoms with Crippen LogP contribution < -0.4 is 0 Å². The van der Waals surface area contributed by atoms with Crippen molar-refractivity contribution < 1.29 is 0 Å². The molecular weight excluding hydrogens is 294 g/mol. The Hall–Kier alpha value is -2.65. The Morgan fingerprint density at radius 2 is 1.77 bits per heavy atom. The SMILES string of the molecule is Clc1ccc2c(-n3ccnc3)ccnc2c1-c1ccccc1. The second-order valence-electron chi connectivity index (χ2n) is 4.98. The van der Waals surface area contributed by atoms with Gasteiger partial charge in [-0.1, -0.05) is 41.9 Å². The molecule has 22 heavy (non-hydrogen) atoms. The van der Waals surface area contributed by atoms with Gasteiger partial charge in [0.25, 0.3) is 0 Å². The van der Waals surface area contributed by atoms with Gasteiger partial charge in [-0.2, -0.15) is 0 Å². The summed E-state index contributed by atoms with van der Waals surface area (Å²) >= 11 is 6.46. The van der Waals surface area contributed by atoms with Gasteiger partial charge < -0.3 is 4.57 Å². The molecular formula is C18H12ClN3. The molecule has 0 spiro atoms. The maximum Gasteiger partial charge on any atom is 0.0991 e. The van der Waals surface area contributed by atoms with Crippen molar-refractivity contribution >= 4 is 22.5 Å². The fourth-order valence-electron chi connectivity index (χ4n) is 2.69. The van der Waals surface area contributed by atoms with Crippen LogP contribution in [-0.2, 0) is 0 Å². The molecule has 4 aromatic rings. The number of fused-ring (bicyclic) bond motifs is 1. The molecule has 0 fully saturated rings. The van der Waals surface area contributed by atoms with Crippen LogP contribution in [0, 0.1) is 0 Å². The molecule has 0 unspecified atom stereocenters. The van der Waals surface area contributed by atoms with Crippen molar-refractivity contribution in [3.05, 3.63) is 78.5 Å². The van der Waals surface area contributed by atoms with E-state index >= 15 is 0 Å². The molecule has 4 heteroatoms. The largest absolute Gasteiger partial charge is 0.306 e. The Bertz CT molecular complexity index is 931. The number of hydrogen-bond acceptors (Lipinski definition) is 2. The van der Waals surface area contributed by atoms with E-state index in [0.717, 1.165) is 27.7 Å².